The van der Waals surface area contributed by atoms with E-state index in [0.29, 0.717) is 13.1 Å². The number of carbonyl (C=O) groups excluding carboxylic acids is 1. The highest BCUT2D eigenvalue weighted by atomic mass is 32.2. The van der Waals surface area contributed by atoms with E-state index in [9.17, 15) is 4.79 Å². The summed E-state index contributed by atoms with van der Waals surface area (Å²) in [6.07, 6.45) is 0.159. The Balaban J connectivity index is 1.85. The Morgan fingerprint density at radius 1 is 1.00 bits per heavy atom. The summed E-state index contributed by atoms with van der Waals surface area (Å²) in [4.78, 5) is 16.3. The van der Waals surface area contributed by atoms with Crippen molar-refractivity contribution in [3.8, 4) is 0 Å². The van der Waals surface area contributed by atoms with Crippen LogP contribution in [0.3, 0.4) is 0 Å². The highest BCUT2D eigenvalue weighted by molar-refractivity contribution is 8.00. The van der Waals surface area contributed by atoms with Crippen molar-refractivity contribution in [3.63, 3.8) is 0 Å². The number of amides is 1. The number of ether oxygens (including phenoxy) is 1. The van der Waals surface area contributed by atoms with E-state index in [1.54, 1.807) is 11.8 Å². The maximum Gasteiger partial charge on any atom is 0.240 e. The molecule has 0 bridgehead atoms. The lowest BCUT2D eigenvalue weighted by Gasteiger charge is -2.37. The Bertz CT molecular complexity index is 652. The van der Waals surface area contributed by atoms with Crippen molar-refractivity contribution < 1.29 is 9.53 Å². The minimum absolute atomic E-state index is 0.0795. The van der Waals surface area contributed by atoms with Gasteiger partial charge in [-0.3, -0.25) is 4.79 Å². The van der Waals surface area contributed by atoms with Crippen LogP contribution in [0.25, 0.3) is 0 Å². The summed E-state index contributed by atoms with van der Waals surface area (Å²) in [6, 6.07) is 20.2. The Kier molecular flexibility index (Phi) is 5.59. The van der Waals surface area contributed by atoms with Gasteiger partial charge in [-0.15, -0.1) is 11.8 Å². The summed E-state index contributed by atoms with van der Waals surface area (Å²) in [5, 5.41) is -0.230. The predicted octanol–water partition coefficient (Wildman–Crippen LogP) is 4.16. The van der Waals surface area contributed by atoms with Crippen LogP contribution in [0, 0.1) is 0 Å². The van der Waals surface area contributed by atoms with Gasteiger partial charge in [-0.05, 0) is 31.5 Å². The number of rotatable bonds is 4. The molecule has 0 saturated carbocycles. The van der Waals surface area contributed by atoms with Gasteiger partial charge in [0, 0.05) is 18.0 Å². The Morgan fingerprint density at radius 2 is 1.54 bits per heavy atom. The maximum absolute atomic E-state index is 13.2. The van der Waals surface area contributed by atoms with Crippen LogP contribution >= 0.6 is 11.8 Å². The zero-order chi connectivity index (χ0) is 16.9. The molecule has 4 heteroatoms. The smallest absolute Gasteiger partial charge is 0.240 e. The fourth-order valence-electron chi connectivity index (χ4n) is 3.05. The van der Waals surface area contributed by atoms with Gasteiger partial charge in [-0.2, -0.15) is 0 Å². The molecule has 0 aromatic heterocycles. The fraction of sp³-hybridized carbons (Fsp3) is 0.350. The molecular formula is C20H23NO2S. The molecule has 1 aliphatic rings. The second-order valence-electron chi connectivity index (χ2n) is 6.22. The molecule has 1 amide bonds. The summed E-state index contributed by atoms with van der Waals surface area (Å²) < 4.78 is 5.77. The molecule has 3 atom stereocenters. The average molecular weight is 341 g/mol. The second-order valence-corrected chi connectivity index (χ2v) is 7.40. The first-order valence-electron chi connectivity index (χ1n) is 8.34. The molecule has 2 aromatic rings. The monoisotopic (exact) mass is 341 g/mol. The molecule has 0 aliphatic carbocycles. The first kappa shape index (κ1) is 17.1. The molecular weight excluding hydrogens is 318 g/mol. The van der Waals surface area contributed by atoms with Gasteiger partial charge in [-0.25, -0.2) is 0 Å². The van der Waals surface area contributed by atoms with Crippen LogP contribution in [-0.4, -0.2) is 36.1 Å². The standard InChI is InChI=1S/C20H23NO2S/c1-15-13-21(14-16(2)23-15)20(22)19(17-9-5-3-6-10-17)24-18-11-7-4-8-12-18/h3-12,15-16,19H,13-14H2,1-2H3/t15-,16-,19+/m0/s1. The number of nitrogens with zero attached hydrogens (tertiary/aromatic N) is 1. The molecule has 1 aliphatic heterocycles. The quantitative estimate of drug-likeness (QED) is 0.782. The summed E-state index contributed by atoms with van der Waals surface area (Å²) in [7, 11) is 0. The van der Waals surface area contributed by atoms with Crippen molar-refractivity contribution in [1.82, 2.24) is 4.90 Å². The van der Waals surface area contributed by atoms with E-state index in [4.69, 9.17) is 4.74 Å². The first-order valence-corrected chi connectivity index (χ1v) is 9.22. The van der Waals surface area contributed by atoms with Crippen LogP contribution in [0.1, 0.15) is 24.7 Å². The molecule has 0 radical (unpaired) electrons. The van der Waals surface area contributed by atoms with E-state index < -0.39 is 0 Å². The van der Waals surface area contributed by atoms with Crippen LogP contribution in [0.5, 0.6) is 0 Å². The maximum atomic E-state index is 13.2. The molecule has 3 nitrogen and oxygen atoms in total. The van der Waals surface area contributed by atoms with Crippen molar-refractivity contribution in [2.75, 3.05) is 13.1 Å². The second kappa shape index (κ2) is 7.86. The van der Waals surface area contributed by atoms with Gasteiger partial charge >= 0.3 is 0 Å². The normalized spacial score (nSPS) is 22.2. The third-order valence-electron chi connectivity index (χ3n) is 4.06. The molecule has 1 saturated heterocycles. The van der Waals surface area contributed by atoms with Gasteiger partial charge < -0.3 is 9.64 Å². The molecule has 2 aromatic carbocycles. The molecule has 126 valence electrons. The van der Waals surface area contributed by atoms with Gasteiger partial charge in [0.2, 0.25) is 5.91 Å². The minimum Gasteiger partial charge on any atom is -0.372 e. The van der Waals surface area contributed by atoms with Crippen molar-refractivity contribution >= 4 is 17.7 Å². The Labute approximate surface area is 148 Å². The zero-order valence-corrected chi connectivity index (χ0v) is 14.9. The van der Waals surface area contributed by atoms with E-state index in [0.717, 1.165) is 10.5 Å². The van der Waals surface area contributed by atoms with Crippen LogP contribution in [-0.2, 0) is 9.53 Å². The van der Waals surface area contributed by atoms with Gasteiger partial charge in [0.15, 0.2) is 0 Å². The summed E-state index contributed by atoms with van der Waals surface area (Å²) in [5.41, 5.74) is 1.04. The van der Waals surface area contributed by atoms with Gasteiger partial charge in [-0.1, -0.05) is 48.5 Å². The predicted molar refractivity (Wildman–Crippen MR) is 98.1 cm³/mol. The molecule has 3 rings (SSSR count). The molecule has 1 fully saturated rings. The third kappa shape index (κ3) is 4.19. The van der Waals surface area contributed by atoms with Crippen LogP contribution in [0.2, 0.25) is 0 Å². The number of carbonyl (C=O) groups is 1. The number of hydrogen-bond acceptors (Lipinski definition) is 3. The van der Waals surface area contributed by atoms with Crippen molar-refractivity contribution in [3.05, 3.63) is 66.2 Å². The topological polar surface area (TPSA) is 29.5 Å². The number of benzene rings is 2. The van der Waals surface area contributed by atoms with Crippen molar-refractivity contribution in [1.29, 1.82) is 0 Å². The van der Waals surface area contributed by atoms with Gasteiger partial charge in [0.05, 0.1) is 12.2 Å². The molecule has 24 heavy (non-hydrogen) atoms. The SMILES string of the molecule is C[C@H]1CN(C(=O)[C@H](Sc2ccccc2)c2ccccc2)C[C@H](C)O1. The third-order valence-corrected chi connectivity index (χ3v) is 5.31. The number of thioether (sulfide) groups is 1. The Hall–Kier alpha value is -1.78. The number of hydrogen-bond donors (Lipinski definition) is 0. The van der Waals surface area contributed by atoms with Crippen LogP contribution in [0.15, 0.2) is 65.6 Å². The molecule has 0 N–H and O–H groups in total. The van der Waals surface area contributed by atoms with Gasteiger partial charge in [0.1, 0.15) is 5.25 Å². The van der Waals surface area contributed by atoms with E-state index in [1.807, 2.05) is 67.3 Å². The van der Waals surface area contributed by atoms with Crippen LogP contribution < -0.4 is 0 Å². The lowest BCUT2D eigenvalue weighted by Crippen LogP contribution is -2.49. The number of morpholine rings is 1. The van der Waals surface area contributed by atoms with Crippen LogP contribution in [0.4, 0.5) is 0 Å². The van der Waals surface area contributed by atoms with Gasteiger partial charge in [0.25, 0.3) is 0 Å². The van der Waals surface area contributed by atoms with E-state index in [-0.39, 0.29) is 23.4 Å². The molecule has 1 heterocycles. The summed E-state index contributed by atoms with van der Waals surface area (Å²) in [6.45, 7) is 5.36. The lowest BCUT2D eigenvalue weighted by atomic mass is 10.1. The van der Waals surface area contributed by atoms with E-state index in [2.05, 4.69) is 12.1 Å². The lowest BCUT2D eigenvalue weighted by molar-refractivity contribution is -0.142. The van der Waals surface area contributed by atoms with E-state index >= 15 is 0 Å². The molecule has 0 spiro atoms. The average Bonchev–Trinajstić information content (AvgIpc) is 2.60. The highest BCUT2D eigenvalue weighted by Gasteiger charge is 2.32. The van der Waals surface area contributed by atoms with Crippen molar-refractivity contribution in [2.45, 2.75) is 36.2 Å². The van der Waals surface area contributed by atoms with E-state index in [1.165, 1.54) is 0 Å². The largest absolute Gasteiger partial charge is 0.372 e. The first-order chi connectivity index (χ1) is 11.6. The molecule has 0 unspecified atom stereocenters. The highest BCUT2D eigenvalue weighted by Crippen LogP contribution is 2.37. The Morgan fingerprint density at radius 3 is 2.12 bits per heavy atom. The summed E-state index contributed by atoms with van der Waals surface area (Å²) >= 11 is 1.61. The minimum atomic E-state index is -0.230. The van der Waals surface area contributed by atoms with Crippen molar-refractivity contribution in [2.24, 2.45) is 0 Å². The summed E-state index contributed by atoms with van der Waals surface area (Å²) in [5.74, 6) is 0.164. The fourth-order valence-corrected chi connectivity index (χ4v) is 4.18. The zero-order valence-electron chi connectivity index (χ0n) is 14.1.